The molecule has 0 amide bonds. The molecule has 0 saturated carbocycles. The molecule has 0 bridgehead atoms. The summed E-state index contributed by atoms with van der Waals surface area (Å²) in [6, 6.07) is 14.4. The van der Waals surface area contributed by atoms with E-state index >= 15 is 0 Å². The van der Waals surface area contributed by atoms with Crippen molar-refractivity contribution in [1.29, 1.82) is 0 Å². The van der Waals surface area contributed by atoms with Gasteiger partial charge in [-0.2, -0.15) is 0 Å². The van der Waals surface area contributed by atoms with Crippen LogP contribution in [-0.4, -0.2) is 9.97 Å². The molecule has 4 heteroatoms. The maximum atomic E-state index is 5.69. The van der Waals surface area contributed by atoms with E-state index in [1.165, 1.54) is 5.39 Å². The van der Waals surface area contributed by atoms with Gasteiger partial charge in [0.2, 0.25) is 0 Å². The number of nitrogens with one attached hydrogen (secondary N) is 1. The largest absolute Gasteiger partial charge is 0.349 e. The van der Waals surface area contributed by atoms with E-state index in [1.54, 1.807) is 18.0 Å². The van der Waals surface area contributed by atoms with E-state index in [1.807, 2.05) is 24.3 Å². The zero-order chi connectivity index (χ0) is 12.4. The van der Waals surface area contributed by atoms with Crippen molar-refractivity contribution >= 4 is 22.7 Å². The Kier molecular flexibility index (Phi) is 3.04. The second-order valence-corrected chi connectivity index (χ2v) is 5.06. The highest BCUT2D eigenvalue weighted by Gasteiger charge is 2.06. The van der Waals surface area contributed by atoms with Crippen LogP contribution in [0, 0.1) is 0 Å². The molecule has 0 radical (unpaired) electrons. The Labute approximate surface area is 109 Å². The number of fused-ring (bicyclic) bond motifs is 1. The van der Waals surface area contributed by atoms with E-state index < -0.39 is 0 Å². The van der Waals surface area contributed by atoms with Gasteiger partial charge in [-0.25, -0.2) is 0 Å². The molecule has 3 N–H and O–H groups in total. The standard InChI is InChI=1S/C14H13N3S/c15-9-12-13(6-3-7-16-12)18-14-8-10-4-1-2-5-11(10)17-14/h1-8,17H,9,15H2. The van der Waals surface area contributed by atoms with Gasteiger partial charge in [-0.1, -0.05) is 30.0 Å². The highest BCUT2D eigenvalue weighted by Crippen LogP contribution is 2.31. The Balaban J connectivity index is 1.96. The lowest BCUT2D eigenvalue weighted by Crippen LogP contribution is -2.00. The maximum Gasteiger partial charge on any atom is 0.0781 e. The second-order valence-electron chi connectivity index (χ2n) is 3.98. The van der Waals surface area contributed by atoms with Gasteiger partial charge in [0.05, 0.1) is 10.7 Å². The quantitative estimate of drug-likeness (QED) is 0.755. The highest BCUT2D eigenvalue weighted by atomic mass is 32.2. The fourth-order valence-electron chi connectivity index (χ4n) is 1.89. The van der Waals surface area contributed by atoms with E-state index in [9.17, 15) is 0 Å². The van der Waals surface area contributed by atoms with Crippen LogP contribution in [0.5, 0.6) is 0 Å². The van der Waals surface area contributed by atoms with Crippen molar-refractivity contribution in [2.75, 3.05) is 0 Å². The summed E-state index contributed by atoms with van der Waals surface area (Å²) in [6.07, 6.45) is 1.78. The van der Waals surface area contributed by atoms with Gasteiger partial charge < -0.3 is 10.7 Å². The number of hydrogen-bond donors (Lipinski definition) is 2. The zero-order valence-corrected chi connectivity index (χ0v) is 10.6. The maximum absolute atomic E-state index is 5.69. The normalized spacial score (nSPS) is 10.9. The lowest BCUT2D eigenvalue weighted by Gasteiger charge is -2.03. The molecule has 0 unspecified atom stereocenters. The molecule has 0 aliphatic heterocycles. The predicted octanol–water partition coefficient (Wildman–Crippen LogP) is 3.17. The summed E-state index contributed by atoms with van der Waals surface area (Å²) in [5.41, 5.74) is 7.78. The van der Waals surface area contributed by atoms with E-state index in [0.29, 0.717) is 6.54 Å². The summed E-state index contributed by atoms with van der Waals surface area (Å²) in [5, 5.41) is 2.33. The van der Waals surface area contributed by atoms with Crippen LogP contribution in [0.3, 0.4) is 0 Å². The fourth-order valence-corrected chi connectivity index (χ4v) is 2.87. The summed E-state index contributed by atoms with van der Waals surface area (Å²) in [7, 11) is 0. The third-order valence-electron chi connectivity index (χ3n) is 2.77. The second kappa shape index (κ2) is 4.84. The molecule has 0 aliphatic rings. The average molecular weight is 255 g/mol. The SMILES string of the molecule is NCc1ncccc1Sc1cc2ccccc2[nH]1. The minimum Gasteiger partial charge on any atom is -0.349 e. The molecule has 0 atom stereocenters. The average Bonchev–Trinajstić information content (AvgIpc) is 2.81. The Morgan fingerprint density at radius 1 is 1.17 bits per heavy atom. The van der Waals surface area contributed by atoms with Crippen molar-refractivity contribution in [3.63, 3.8) is 0 Å². The first-order chi connectivity index (χ1) is 8.86. The van der Waals surface area contributed by atoms with Crippen LogP contribution in [0.1, 0.15) is 5.69 Å². The summed E-state index contributed by atoms with van der Waals surface area (Å²) >= 11 is 1.67. The van der Waals surface area contributed by atoms with Crippen molar-refractivity contribution < 1.29 is 0 Å². The first-order valence-corrected chi connectivity index (χ1v) is 6.58. The van der Waals surface area contributed by atoms with E-state index in [2.05, 4.69) is 28.2 Å². The molecule has 0 saturated heterocycles. The lowest BCUT2D eigenvalue weighted by atomic mass is 10.3. The number of hydrogen-bond acceptors (Lipinski definition) is 3. The molecular formula is C14H13N3S. The van der Waals surface area contributed by atoms with Gasteiger partial charge in [-0.15, -0.1) is 0 Å². The van der Waals surface area contributed by atoms with Gasteiger partial charge in [0.15, 0.2) is 0 Å². The van der Waals surface area contributed by atoms with Gasteiger partial charge >= 0.3 is 0 Å². The van der Waals surface area contributed by atoms with Crippen LogP contribution >= 0.6 is 11.8 Å². The summed E-state index contributed by atoms with van der Waals surface area (Å²) < 4.78 is 0. The van der Waals surface area contributed by atoms with Crippen LogP contribution in [0.25, 0.3) is 10.9 Å². The summed E-state index contributed by atoms with van der Waals surface area (Å²) in [5.74, 6) is 0. The number of aromatic nitrogens is 2. The fraction of sp³-hybridized carbons (Fsp3) is 0.0714. The molecule has 2 aromatic heterocycles. The van der Waals surface area contributed by atoms with Gasteiger partial charge in [-0.05, 0) is 24.3 Å². The van der Waals surface area contributed by atoms with Crippen molar-refractivity contribution in [2.24, 2.45) is 5.73 Å². The zero-order valence-electron chi connectivity index (χ0n) is 9.76. The van der Waals surface area contributed by atoms with Crippen LogP contribution in [0.4, 0.5) is 0 Å². The smallest absolute Gasteiger partial charge is 0.0781 e. The molecule has 3 rings (SSSR count). The predicted molar refractivity (Wildman–Crippen MR) is 74.6 cm³/mol. The molecule has 0 aliphatic carbocycles. The van der Waals surface area contributed by atoms with Crippen LogP contribution in [-0.2, 0) is 6.54 Å². The lowest BCUT2D eigenvalue weighted by molar-refractivity contribution is 0.943. The van der Waals surface area contributed by atoms with Crippen molar-refractivity contribution in [3.8, 4) is 0 Å². The molecule has 90 valence electrons. The Bertz CT molecular complexity index is 642. The number of rotatable bonds is 3. The van der Waals surface area contributed by atoms with Gasteiger partial charge in [0.25, 0.3) is 0 Å². The van der Waals surface area contributed by atoms with Crippen LogP contribution in [0.2, 0.25) is 0 Å². The third kappa shape index (κ3) is 2.12. The number of pyridine rings is 1. The van der Waals surface area contributed by atoms with Gasteiger partial charge in [0, 0.05) is 28.5 Å². The number of para-hydroxylation sites is 1. The first-order valence-electron chi connectivity index (χ1n) is 5.76. The van der Waals surface area contributed by atoms with Crippen molar-refractivity contribution in [1.82, 2.24) is 9.97 Å². The Morgan fingerprint density at radius 3 is 2.89 bits per heavy atom. The molecule has 2 heterocycles. The summed E-state index contributed by atoms with van der Waals surface area (Å²) in [4.78, 5) is 8.78. The van der Waals surface area contributed by atoms with Gasteiger partial charge in [0.1, 0.15) is 0 Å². The third-order valence-corrected chi connectivity index (χ3v) is 3.80. The molecule has 0 fully saturated rings. The van der Waals surface area contributed by atoms with E-state index in [0.717, 1.165) is 21.1 Å². The van der Waals surface area contributed by atoms with Gasteiger partial charge in [-0.3, -0.25) is 4.98 Å². The van der Waals surface area contributed by atoms with Crippen molar-refractivity contribution in [3.05, 3.63) is 54.4 Å². The monoisotopic (exact) mass is 255 g/mol. The minimum absolute atomic E-state index is 0.462. The first kappa shape index (κ1) is 11.3. The minimum atomic E-state index is 0.462. The number of benzene rings is 1. The Hall–Kier alpha value is -1.78. The Morgan fingerprint density at radius 2 is 2.06 bits per heavy atom. The topological polar surface area (TPSA) is 54.7 Å². The van der Waals surface area contributed by atoms with E-state index in [-0.39, 0.29) is 0 Å². The molecule has 3 aromatic rings. The number of nitrogens with two attached hydrogens (primary N) is 1. The molecule has 1 aromatic carbocycles. The summed E-state index contributed by atoms with van der Waals surface area (Å²) in [6.45, 7) is 0.462. The molecule has 0 spiro atoms. The number of H-pyrrole nitrogens is 1. The number of nitrogens with zero attached hydrogens (tertiary/aromatic N) is 1. The molecular weight excluding hydrogens is 242 g/mol. The van der Waals surface area contributed by atoms with Crippen LogP contribution < -0.4 is 5.73 Å². The number of aromatic amines is 1. The molecule has 18 heavy (non-hydrogen) atoms. The van der Waals surface area contributed by atoms with Crippen molar-refractivity contribution in [2.45, 2.75) is 16.5 Å². The van der Waals surface area contributed by atoms with Crippen LogP contribution in [0.15, 0.2) is 58.6 Å². The highest BCUT2D eigenvalue weighted by molar-refractivity contribution is 7.99. The van der Waals surface area contributed by atoms with E-state index in [4.69, 9.17) is 5.73 Å². The molecule has 3 nitrogen and oxygen atoms in total.